The lowest BCUT2D eigenvalue weighted by atomic mass is 10.1. The van der Waals surface area contributed by atoms with Crippen LogP contribution in [0.4, 0.5) is 26.1 Å². The fourth-order valence-electron chi connectivity index (χ4n) is 5.38. The predicted molar refractivity (Wildman–Crippen MR) is 146 cm³/mol. The third kappa shape index (κ3) is 5.60. The Bertz CT molecular complexity index is 1390. The number of hydrogen-bond acceptors (Lipinski definition) is 8. The first kappa shape index (κ1) is 26.1. The molecule has 2 saturated heterocycles. The monoisotopic (exact) mass is 558 g/mol. The number of nitrogens with one attached hydrogen (secondary N) is 1. The summed E-state index contributed by atoms with van der Waals surface area (Å²) >= 11 is 0. The molecule has 1 aromatic carbocycles. The SMILES string of the molecule is Cc1cc(-c2cn(-c3ccc(NS(=O)CCO)cc3N3CCC4(CC4)C3)nn2)nc(N2CCC(F)(F)CC2)n1. The quantitative estimate of drug-likeness (QED) is 0.433. The highest BCUT2D eigenvalue weighted by molar-refractivity contribution is 7.86. The Labute approximate surface area is 228 Å². The van der Waals surface area contributed by atoms with Crippen LogP contribution in [-0.2, 0) is 11.0 Å². The number of aryl methyl sites for hydroxylation is 1. The van der Waals surface area contributed by atoms with Gasteiger partial charge in [0.15, 0.2) is 0 Å². The van der Waals surface area contributed by atoms with Crippen LogP contribution < -0.4 is 14.5 Å². The van der Waals surface area contributed by atoms with Crippen LogP contribution in [0.3, 0.4) is 0 Å². The summed E-state index contributed by atoms with van der Waals surface area (Å²) in [5.74, 6) is -2.07. The fourth-order valence-corrected chi connectivity index (χ4v) is 6.04. The minimum absolute atomic E-state index is 0.149. The number of hydrogen-bond donors (Lipinski definition) is 2. The van der Waals surface area contributed by atoms with Crippen LogP contribution in [0.15, 0.2) is 30.5 Å². The van der Waals surface area contributed by atoms with Gasteiger partial charge in [0.05, 0.1) is 35.6 Å². The van der Waals surface area contributed by atoms with E-state index in [9.17, 15) is 13.0 Å². The van der Waals surface area contributed by atoms with Crippen LogP contribution in [0.5, 0.6) is 0 Å². The van der Waals surface area contributed by atoms with Crippen LogP contribution in [0, 0.1) is 12.3 Å². The van der Waals surface area contributed by atoms with Gasteiger partial charge in [-0.3, -0.25) is 0 Å². The molecule has 3 aliphatic rings. The highest BCUT2D eigenvalue weighted by atomic mass is 32.2. The molecule has 1 aliphatic carbocycles. The molecule has 2 aromatic heterocycles. The zero-order chi connectivity index (χ0) is 27.2. The average molecular weight is 559 g/mol. The Morgan fingerprint density at radius 3 is 2.49 bits per heavy atom. The smallest absolute Gasteiger partial charge is 0.251 e. The summed E-state index contributed by atoms with van der Waals surface area (Å²) in [6.45, 7) is 3.99. The zero-order valence-corrected chi connectivity index (χ0v) is 22.6. The van der Waals surface area contributed by atoms with Gasteiger partial charge in [-0.25, -0.2) is 27.6 Å². The van der Waals surface area contributed by atoms with Crippen LogP contribution in [0.25, 0.3) is 17.1 Å². The van der Waals surface area contributed by atoms with Gasteiger partial charge in [0.2, 0.25) is 5.95 Å². The molecule has 39 heavy (non-hydrogen) atoms. The fraction of sp³-hybridized carbons (Fsp3) is 0.538. The van der Waals surface area contributed by atoms with Gasteiger partial charge in [0, 0.05) is 50.4 Å². The van der Waals surface area contributed by atoms with Crippen LogP contribution in [0.2, 0.25) is 0 Å². The van der Waals surface area contributed by atoms with Crippen molar-refractivity contribution >= 4 is 28.3 Å². The molecule has 208 valence electrons. The third-order valence-electron chi connectivity index (χ3n) is 7.84. The second-order valence-electron chi connectivity index (χ2n) is 10.8. The van der Waals surface area contributed by atoms with Gasteiger partial charge < -0.3 is 19.6 Å². The van der Waals surface area contributed by atoms with Gasteiger partial charge in [-0.15, -0.1) is 5.10 Å². The first-order valence-corrected chi connectivity index (χ1v) is 14.6. The topological polar surface area (TPSA) is 112 Å². The molecule has 1 atom stereocenters. The summed E-state index contributed by atoms with van der Waals surface area (Å²) in [6, 6.07) is 7.57. The van der Waals surface area contributed by atoms with E-state index in [0.29, 0.717) is 28.4 Å². The largest absolute Gasteiger partial charge is 0.395 e. The Morgan fingerprint density at radius 1 is 1.00 bits per heavy atom. The van der Waals surface area contributed by atoms with Gasteiger partial charge in [-0.05, 0) is 55.9 Å². The van der Waals surface area contributed by atoms with Crippen molar-refractivity contribution in [1.82, 2.24) is 25.0 Å². The number of aliphatic hydroxyl groups is 1. The molecule has 6 rings (SSSR count). The van der Waals surface area contributed by atoms with E-state index in [4.69, 9.17) is 5.11 Å². The van der Waals surface area contributed by atoms with Crippen molar-refractivity contribution < 1.29 is 18.1 Å². The summed E-state index contributed by atoms with van der Waals surface area (Å²) in [6.07, 6.45) is 5.02. The van der Waals surface area contributed by atoms with Gasteiger partial charge in [-0.2, -0.15) is 0 Å². The normalized spacial score (nSPS) is 20.4. The number of anilines is 3. The molecule has 0 bridgehead atoms. The van der Waals surface area contributed by atoms with Crippen molar-refractivity contribution in [1.29, 1.82) is 0 Å². The lowest BCUT2D eigenvalue weighted by molar-refractivity contribution is -0.0222. The van der Waals surface area contributed by atoms with E-state index in [1.807, 2.05) is 37.4 Å². The number of aliphatic hydroxyl groups excluding tert-OH is 1. The maximum Gasteiger partial charge on any atom is 0.251 e. The van der Waals surface area contributed by atoms with Crippen molar-refractivity contribution in [3.8, 4) is 17.1 Å². The van der Waals surface area contributed by atoms with E-state index >= 15 is 0 Å². The third-order valence-corrected chi connectivity index (χ3v) is 8.86. The molecule has 3 fully saturated rings. The van der Waals surface area contributed by atoms with E-state index in [1.54, 1.807) is 9.58 Å². The molecule has 3 aromatic rings. The molecule has 1 saturated carbocycles. The van der Waals surface area contributed by atoms with Gasteiger partial charge in [0.1, 0.15) is 16.7 Å². The molecule has 0 radical (unpaired) electrons. The van der Waals surface area contributed by atoms with Crippen molar-refractivity contribution in [2.24, 2.45) is 5.41 Å². The van der Waals surface area contributed by atoms with Crippen LogP contribution >= 0.6 is 0 Å². The Hall–Kier alpha value is -3.19. The molecule has 4 heterocycles. The van der Waals surface area contributed by atoms with E-state index in [2.05, 4.69) is 29.9 Å². The lowest BCUT2D eigenvalue weighted by Gasteiger charge is -2.31. The van der Waals surface area contributed by atoms with E-state index < -0.39 is 16.9 Å². The minimum Gasteiger partial charge on any atom is -0.395 e. The number of benzene rings is 1. The van der Waals surface area contributed by atoms with Crippen molar-refractivity contribution in [2.75, 3.05) is 53.1 Å². The summed E-state index contributed by atoms with van der Waals surface area (Å²) in [5.41, 5.74) is 4.78. The van der Waals surface area contributed by atoms with E-state index in [1.165, 1.54) is 12.8 Å². The number of halogens is 2. The second-order valence-corrected chi connectivity index (χ2v) is 12.1. The maximum absolute atomic E-state index is 13.7. The number of alkyl halides is 2. The van der Waals surface area contributed by atoms with Crippen LogP contribution in [0.1, 0.15) is 37.8 Å². The Morgan fingerprint density at radius 2 is 1.77 bits per heavy atom. The van der Waals surface area contributed by atoms with E-state index in [-0.39, 0.29) is 38.3 Å². The average Bonchev–Trinajstić information content (AvgIpc) is 3.28. The number of rotatable bonds is 8. The van der Waals surface area contributed by atoms with Crippen molar-refractivity contribution in [2.45, 2.75) is 45.0 Å². The zero-order valence-electron chi connectivity index (χ0n) is 21.8. The van der Waals surface area contributed by atoms with Crippen LogP contribution in [-0.4, -0.2) is 78.7 Å². The maximum atomic E-state index is 13.7. The Kier molecular flexibility index (Phi) is 6.74. The molecule has 2 aliphatic heterocycles. The second kappa shape index (κ2) is 10.1. The van der Waals surface area contributed by atoms with Gasteiger partial charge in [0.25, 0.3) is 5.92 Å². The molecular weight excluding hydrogens is 526 g/mol. The molecule has 2 N–H and O–H groups in total. The molecule has 10 nitrogen and oxygen atoms in total. The molecular formula is C26H32F2N8O2S. The highest BCUT2D eigenvalue weighted by Crippen LogP contribution is 2.54. The number of nitrogens with zero attached hydrogens (tertiary/aromatic N) is 7. The molecule has 13 heteroatoms. The first-order chi connectivity index (χ1) is 18.7. The Balaban J connectivity index is 1.30. The highest BCUT2D eigenvalue weighted by Gasteiger charge is 2.48. The summed E-state index contributed by atoms with van der Waals surface area (Å²) in [7, 11) is -1.38. The van der Waals surface area contributed by atoms with Gasteiger partial charge in [-0.1, -0.05) is 5.21 Å². The summed E-state index contributed by atoms with van der Waals surface area (Å²) < 4.78 is 44.3. The van der Waals surface area contributed by atoms with Crippen molar-refractivity contribution in [3.63, 3.8) is 0 Å². The standard InChI is InChI=1S/C26H32F2N8O2S/c1-18-14-20(30-24(29-18)34-10-7-26(27,28)8-11-34)21-16-36(33-31-21)22-3-2-19(32-39(38)13-12-37)15-23(22)35-9-6-25(17-35)4-5-25/h2-3,14-16,32,37H,4-13,17H2,1H3. The number of piperidine rings is 1. The lowest BCUT2D eigenvalue weighted by Crippen LogP contribution is -2.40. The molecule has 0 amide bonds. The molecule has 1 unspecified atom stereocenters. The predicted octanol–water partition coefficient (Wildman–Crippen LogP) is 3.33. The summed E-state index contributed by atoms with van der Waals surface area (Å²) in [5, 5.41) is 17.9. The first-order valence-electron chi connectivity index (χ1n) is 13.3. The van der Waals surface area contributed by atoms with Crippen molar-refractivity contribution in [3.05, 3.63) is 36.2 Å². The number of aromatic nitrogens is 5. The summed E-state index contributed by atoms with van der Waals surface area (Å²) in [4.78, 5) is 13.3. The van der Waals surface area contributed by atoms with E-state index in [0.717, 1.165) is 36.6 Å². The van der Waals surface area contributed by atoms with Gasteiger partial charge >= 0.3 is 0 Å². The molecule has 1 spiro atoms. The minimum atomic E-state index is -2.64.